The van der Waals surface area contributed by atoms with E-state index in [-0.39, 0.29) is 29.0 Å². The number of aryl methyl sites for hydroxylation is 3. The molecule has 0 aliphatic rings. The third-order valence-corrected chi connectivity index (χ3v) is 6.35. The van der Waals surface area contributed by atoms with E-state index in [1.54, 1.807) is 6.92 Å². The van der Waals surface area contributed by atoms with E-state index in [9.17, 15) is 18.0 Å². The Morgan fingerprint density at radius 3 is 2.10 bits per heavy atom. The zero-order chi connectivity index (χ0) is 22.5. The summed E-state index contributed by atoms with van der Waals surface area (Å²) in [6.45, 7) is 9.30. The Morgan fingerprint density at radius 2 is 1.57 bits per heavy atom. The second-order valence-corrected chi connectivity index (χ2v) is 9.17. The van der Waals surface area contributed by atoms with Gasteiger partial charge in [0.1, 0.15) is 0 Å². The number of sulfonamides is 1. The summed E-state index contributed by atoms with van der Waals surface area (Å²) < 4.78 is 27.1. The van der Waals surface area contributed by atoms with Crippen molar-refractivity contribution >= 4 is 27.5 Å². The molecule has 1 unspecified atom stereocenters. The van der Waals surface area contributed by atoms with Gasteiger partial charge in [-0.1, -0.05) is 24.6 Å². The van der Waals surface area contributed by atoms with Gasteiger partial charge in [0, 0.05) is 17.3 Å². The predicted octanol–water partition coefficient (Wildman–Crippen LogP) is 3.06. The average molecular weight is 432 g/mol. The van der Waals surface area contributed by atoms with Crippen molar-refractivity contribution in [2.45, 2.75) is 52.0 Å². The molecule has 162 valence electrons. The standard InChI is InChI=1S/C22H29N3O4S/c1-6-17(5)25-30(28,29)19-9-7-18(8-10-19)22(27)23-13-20(26)24-21-15(3)11-14(2)12-16(21)4/h7-12,17,25H,6,13H2,1-5H3,(H,23,27)(H,24,26). The van der Waals surface area contributed by atoms with Crippen LogP contribution in [0.4, 0.5) is 5.69 Å². The first kappa shape index (κ1) is 23.6. The molecule has 8 heteroatoms. The summed E-state index contributed by atoms with van der Waals surface area (Å²) in [7, 11) is -3.63. The van der Waals surface area contributed by atoms with Crippen LogP contribution in [-0.4, -0.2) is 32.8 Å². The van der Waals surface area contributed by atoms with Crippen LogP contribution in [-0.2, 0) is 14.8 Å². The topological polar surface area (TPSA) is 104 Å². The van der Waals surface area contributed by atoms with Gasteiger partial charge in [0.25, 0.3) is 5.91 Å². The summed E-state index contributed by atoms with van der Waals surface area (Å²) in [6.07, 6.45) is 0.670. The maximum atomic E-state index is 12.3. The molecule has 0 aliphatic heterocycles. The molecule has 0 radical (unpaired) electrons. The number of nitrogens with one attached hydrogen (secondary N) is 3. The van der Waals surface area contributed by atoms with Crippen molar-refractivity contribution in [3.8, 4) is 0 Å². The maximum absolute atomic E-state index is 12.3. The van der Waals surface area contributed by atoms with E-state index in [1.165, 1.54) is 24.3 Å². The highest BCUT2D eigenvalue weighted by atomic mass is 32.2. The monoisotopic (exact) mass is 431 g/mol. The zero-order valence-corrected chi connectivity index (χ0v) is 18.8. The molecule has 2 amide bonds. The summed E-state index contributed by atoms with van der Waals surface area (Å²) in [6, 6.07) is 9.37. The van der Waals surface area contributed by atoms with Gasteiger partial charge < -0.3 is 10.6 Å². The minimum atomic E-state index is -3.63. The Bertz CT molecular complexity index is 1010. The molecule has 0 bridgehead atoms. The third-order valence-electron chi connectivity index (χ3n) is 4.75. The number of carbonyl (C=O) groups excluding carboxylic acids is 2. The second kappa shape index (κ2) is 9.86. The molecule has 7 nitrogen and oxygen atoms in total. The number of hydrogen-bond donors (Lipinski definition) is 3. The van der Waals surface area contributed by atoms with Crippen LogP contribution in [0.2, 0.25) is 0 Å². The number of carbonyl (C=O) groups is 2. The molecule has 0 saturated heterocycles. The van der Waals surface area contributed by atoms with E-state index < -0.39 is 15.9 Å². The van der Waals surface area contributed by atoms with Crippen LogP contribution in [0, 0.1) is 20.8 Å². The summed E-state index contributed by atoms with van der Waals surface area (Å²) in [5.74, 6) is -0.795. The molecule has 0 aliphatic carbocycles. The molecule has 0 saturated carbocycles. The highest BCUT2D eigenvalue weighted by Crippen LogP contribution is 2.21. The molecule has 0 spiro atoms. The zero-order valence-electron chi connectivity index (χ0n) is 18.0. The van der Waals surface area contributed by atoms with Crippen molar-refractivity contribution in [3.05, 3.63) is 58.7 Å². The van der Waals surface area contributed by atoms with Gasteiger partial charge in [0.2, 0.25) is 15.9 Å². The van der Waals surface area contributed by atoms with Crippen LogP contribution < -0.4 is 15.4 Å². The fourth-order valence-electron chi connectivity index (χ4n) is 3.03. The van der Waals surface area contributed by atoms with Gasteiger partial charge in [-0.15, -0.1) is 0 Å². The first-order valence-electron chi connectivity index (χ1n) is 9.81. The van der Waals surface area contributed by atoms with E-state index in [1.807, 2.05) is 39.8 Å². The van der Waals surface area contributed by atoms with Gasteiger partial charge in [-0.25, -0.2) is 13.1 Å². The lowest BCUT2D eigenvalue weighted by Gasteiger charge is -2.13. The van der Waals surface area contributed by atoms with Gasteiger partial charge in [0.05, 0.1) is 11.4 Å². The van der Waals surface area contributed by atoms with E-state index in [0.717, 1.165) is 22.4 Å². The highest BCUT2D eigenvalue weighted by molar-refractivity contribution is 7.89. The van der Waals surface area contributed by atoms with Crippen LogP contribution >= 0.6 is 0 Å². The Labute approximate surface area is 178 Å². The number of benzene rings is 2. The largest absolute Gasteiger partial charge is 0.343 e. The average Bonchev–Trinajstić information content (AvgIpc) is 2.68. The molecule has 0 heterocycles. The van der Waals surface area contributed by atoms with Crippen LogP contribution in [0.1, 0.15) is 47.3 Å². The lowest BCUT2D eigenvalue weighted by Crippen LogP contribution is -2.33. The van der Waals surface area contributed by atoms with Crippen molar-refractivity contribution in [1.29, 1.82) is 0 Å². The lowest BCUT2D eigenvalue weighted by molar-refractivity contribution is -0.115. The number of amides is 2. The molecular formula is C22H29N3O4S. The minimum absolute atomic E-state index is 0.0856. The molecule has 0 fully saturated rings. The third kappa shape index (κ3) is 6.14. The molecule has 1 atom stereocenters. The van der Waals surface area contributed by atoms with Crippen LogP contribution in [0.5, 0.6) is 0 Å². The molecule has 0 aromatic heterocycles. The predicted molar refractivity (Wildman–Crippen MR) is 118 cm³/mol. The number of rotatable bonds is 8. The molecule has 2 aromatic carbocycles. The maximum Gasteiger partial charge on any atom is 0.251 e. The van der Waals surface area contributed by atoms with Crippen LogP contribution in [0.3, 0.4) is 0 Å². The molecule has 3 N–H and O–H groups in total. The van der Waals surface area contributed by atoms with E-state index in [0.29, 0.717) is 6.42 Å². The molecule has 30 heavy (non-hydrogen) atoms. The Balaban J connectivity index is 1.98. The van der Waals surface area contributed by atoms with Crippen LogP contribution in [0.15, 0.2) is 41.3 Å². The summed E-state index contributed by atoms with van der Waals surface area (Å²) in [4.78, 5) is 24.6. The van der Waals surface area contributed by atoms with Gasteiger partial charge in [0.15, 0.2) is 0 Å². The lowest BCUT2D eigenvalue weighted by atomic mass is 10.1. The molecular weight excluding hydrogens is 402 g/mol. The fourth-order valence-corrected chi connectivity index (χ4v) is 4.35. The van der Waals surface area contributed by atoms with E-state index >= 15 is 0 Å². The summed E-state index contributed by atoms with van der Waals surface area (Å²) in [5, 5.41) is 5.38. The number of hydrogen-bond acceptors (Lipinski definition) is 4. The SMILES string of the molecule is CCC(C)NS(=O)(=O)c1ccc(C(=O)NCC(=O)Nc2c(C)cc(C)cc2C)cc1. The molecule has 2 rings (SSSR count). The van der Waals surface area contributed by atoms with Crippen LogP contribution in [0.25, 0.3) is 0 Å². The first-order valence-corrected chi connectivity index (χ1v) is 11.3. The van der Waals surface area contributed by atoms with Crippen molar-refractivity contribution in [2.75, 3.05) is 11.9 Å². The normalized spacial score (nSPS) is 12.3. The Hall–Kier alpha value is -2.71. The highest BCUT2D eigenvalue weighted by Gasteiger charge is 2.17. The summed E-state index contributed by atoms with van der Waals surface area (Å²) in [5.41, 5.74) is 4.03. The quantitative estimate of drug-likeness (QED) is 0.597. The van der Waals surface area contributed by atoms with E-state index in [2.05, 4.69) is 15.4 Å². The van der Waals surface area contributed by atoms with E-state index in [4.69, 9.17) is 0 Å². The van der Waals surface area contributed by atoms with Gasteiger partial charge in [-0.2, -0.15) is 0 Å². The fraction of sp³-hybridized carbons (Fsp3) is 0.364. The molecule has 2 aromatic rings. The van der Waals surface area contributed by atoms with Crippen molar-refractivity contribution in [1.82, 2.24) is 10.0 Å². The van der Waals surface area contributed by atoms with Crippen molar-refractivity contribution < 1.29 is 18.0 Å². The summed E-state index contributed by atoms with van der Waals surface area (Å²) >= 11 is 0. The minimum Gasteiger partial charge on any atom is -0.343 e. The second-order valence-electron chi connectivity index (χ2n) is 7.46. The van der Waals surface area contributed by atoms with Gasteiger partial charge in [-0.05, 0) is 69.5 Å². The number of anilines is 1. The van der Waals surface area contributed by atoms with Crippen molar-refractivity contribution in [2.24, 2.45) is 0 Å². The Morgan fingerprint density at radius 1 is 1.00 bits per heavy atom. The first-order chi connectivity index (χ1) is 14.0. The van der Waals surface area contributed by atoms with Gasteiger partial charge >= 0.3 is 0 Å². The Kier molecular flexibility index (Phi) is 7.75. The van der Waals surface area contributed by atoms with Gasteiger partial charge in [-0.3, -0.25) is 9.59 Å². The smallest absolute Gasteiger partial charge is 0.251 e. The van der Waals surface area contributed by atoms with Crippen molar-refractivity contribution in [3.63, 3.8) is 0 Å².